The molecule has 1 aromatic carbocycles. The molecule has 1 fully saturated rings. The van der Waals surface area contributed by atoms with Gasteiger partial charge in [-0.2, -0.15) is 0 Å². The fourth-order valence-electron chi connectivity index (χ4n) is 2.05. The van der Waals surface area contributed by atoms with Crippen LogP contribution in [-0.4, -0.2) is 28.9 Å². The lowest BCUT2D eigenvalue weighted by Crippen LogP contribution is -2.21. The first-order valence-corrected chi connectivity index (χ1v) is 6.12. The number of anilines is 1. The zero-order chi connectivity index (χ0) is 10.3. The van der Waals surface area contributed by atoms with Crippen molar-refractivity contribution in [2.45, 2.75) is 6.04 Å². The number of halogens is 2. The average Bonchev–Trinajstić information content (AvgIpc) is 2.76. The Hall–Kier alpha value is -0.580. The fourth-order valence-corrected chi connectivity index (χ4v) is 3.10. The van der Waals surface area contributed by atoms with Crippen LogP contribution in [-0.2, 0) is 0 Å². The van der Waals surface area contributed by atoms with Gasteiger partial charge >= 0.3 is 0 Å². The molecule has 0 aromatic heterocycles. The van der Waals surface area contributed by atoms with Gasteiger partial charge in [-0.25, -0.2) is 0 Å². The number of hydrogen-bond donors (Lipinski definition) is 1. The second-order valence-electron chi connectivity index (χ2n) is 3.89. The van der Waals surface area contributed by atoms with E-state index < -0.39 is 0 Å². The van der Waals surface area contributed by atoms with Crippen LogP contribution in [0.1, 0.15) is 11.6 Å². The molecule has 0 saturated carbocycles. The van der Waals surface area contributed by atoms with E-state index in [1.165, 1.54) is 16.5 Å². The van der Waals surface area contributed by atoms with Crippen LogP contribution in [0.5, 0.6) is 0 Å². The minimum absolute atomic E-state index is 0. The second kappa shape index (κ2) is 5.85. The molecule has 1 atom stereocenters. The van der Waals surface area contributed by atoms with Gasteiger partial charge in [0.15, 0.2) is 5.17 Å². The quantitative estimate of drug-likeness (QED) is 0.809. The SMILES string of the molecule is Cl.Cl.Nc1cccc(C2CN3CCSC3=N2)c1. The number of benzene rings is 1. The first kappa shape index (κ1) is 14.5. The Bertz CT molecular complexity index is 425. The highest BCUT2D eigenvalue weighted by atomic mass is 35.5. The molecular formula is C11H15Cl2N3S. The van der Waals surface area contributed by atoms with Crippen molar-refractivity contribution in [3.05, 3.63) is 29.8 Å². The Morgan fingerprint density at radius 1 is 1.35 bits per heavy atom. The summed E-state index contributed by atoms with van der Waals surface area (Å²) in [4.78, 5) is 7.07. The normalized spacial score (nSPS) is 21.3. The van der Waals surface area contributed by atoms with E-state index in [-0.39, 0.29) is 30.9 Å². The highest BCUT2D eigenvalue weighted by Gasteiger charge is 2.29. The maximum absolute atomic E-state index is 5.77. The van der Waals surface area contributed by atoms with Crippen molar-refractivity contribution >= 4 is 47.4 Å². The van der Waals surface area contributed by atoms with Gasteiger partial charge in [-0.1, -0.05) is 23.9 Å². The molecule has 1 aromatic rings. The molecule has 1 unspecified atom stereocenters. The van der Waals surface area contributed by atoms with Crippen LogP contribution in [0.2, 0.25) is 0 Å². The van der Waals surface area contributed by atoms with Crippen LogP contribution in [0.4, 0.5) is 5.69 Å². The van der Waals surface area contributed by atoms with E-state index in [0.717, 1.165) is 18.8 Å². The zero-order valence-corrected chi connectivity index (χ0v) is 11.7. The van der Waals surface area contributed by atoms with Gasteiger partial charge in [0.1, 0.15) is 0 Å². The molecule has 17 heavy (non-hydrogen) atoms. The number of nitrogens with zero attached hydrogens (tertiary/aromatic N) is 2. The lowest BCUT2D eigenvalue weighted by molar-refractivity contribution is 0.464. The largest absolute Gasteiger partial charge is 0.399 e. The summed E-state index contributed by atoms with van der Waals surface area (Å²) in [5, 5.41) is 1.21. The molecule has 0 aliphatic carbocycles. The standard InChI is InChI=1S/C11H13N3S.2ClH/c12-9-3-1-2-8(6-9)10-7-14-4-5-15-11(14)13-10;;/h1-3,6,10H,4-5,7,12H2;2*1H. The summed E-state index contributed by atoms with van der Waals surface area (Å²) in [6.45, 7) is 2.16. The number of aliphatic imine (C=N–C) groups is 1. The third kappa shape index (κ3) is 2.81. The molecular weight excluding hydrogens is 277 g/mol. The van der Waals surface area contributed by atoms with Crippen molar-refractivity contribution < 1.29 is 0 Å². The van der Waals surface area contributed by atoms with Crippen LogP contribution in [0.15, 0.2) is 29.3 Å². The minimum atomic E-state index is 0. The van der Waals surface area contributed by atoms with Crippen LogP contribution in [0.25, 0.3) is 0 Å². The maximum atomic E-state index is 5.77. The second-order valence-corrected chi connectivity index (χ2v) is 4.95. The highest BCUT2D eigenvalue weighted by Crippen LogP contribution is 2.32. The Kier molecular flexibility index (Phi) is 4.98. The third-order valence-corrected chi connectivity index (χ3v) is 3.83. The molecule has 0 spiro atoms. The van der Waals surface area contributed by atoms with Gasteiger partial charge in [0.05, 0.1) is 6.04 Å². The molecule has 2 aliphatic rings. The number of amidine groups is 1. The molecule has 94 valence electrons. The topological polar surface area (TPSA) is 41.6 Å². The Balaban J connectivity index is 0.000000722. The lowest BCUT2D eigenvalue weighted by atomic mass is 10.1. The average molecular weight is 292 g/mol. The number of hydrogen-bond acceptors (Lipinski definition) is 4. The summed E-state index contributed by atoms with van der Waals surface area (Å²) in [6, 6.07) is 8.35. The molecule has 2 heterocycles. The smallest absolute Gasteiger partial charge is 0.160 e. The van der Waals surface area contributed by atoms with Crippen molar-refractivity contribution in [2.24, 2.45) is 4.99 Å². The number of rotatable bonds is 1. The van der Waals surface area contributed by atoms with Crippen molar-refractivity contribution in [2.75, 3.05) is 24.6 Å². The van der Waals surface area contributed by atoms with E-state index in [2.05, 4.69) is 11.0 Å². The van der Waals surface area contributed by atoms with Gasteiger partial charge in [-0.05, 0) is 17.7 Å². The summed E-state index contributed by atoms with van der Waals surface area (Å²) in [5.41, 5.74) is 7.83. The van der Waals surface area contributed by atoms with Gasteiger partial charge in [0, 0.05) is 24.5 Å². The van der Waals surface area contributed by atoms with E-state index in [1.807, 2.05) is 30.0 Å². The zero-order valence-electron chi connectivity index (χ0n) is 9.20. The number of nitrogens with two attached hydrogens (primary N) is 1. The molecule has 2 aliphatic heterocycles. The van der Waals surface area contributed by atoms with Gasteiger partial charge in [-0.15, -0.1) is 24.8 Å². The minimum Gasteiger partial charge on any atom is -0.399 e. The molecule has 0 bridgehead atoms. The van der Waals surface area contributed by atoms with E-state index in [4.69, 9.17) is 10.7 Å². The van der Waals surface area contributed by atoms with Gasteiger partial charge < -0.3 is 10.6 Å². The predicted molar refractivity (Wildman–Crippen MR) is 79.6 cm³/mol. The molecule has 6 heteroatoms. The van der Waals surface area contributed by atoms with E-state index >= 15 is 0 Å². The van der Waals surface area contributed by atoms with E-state index in [9.17, 15) is 0 Å². The monoisotopic (exact) mass is 291 g/mol. The number of nitrogen functional groups attached to an aromatic ring is 1. The van der Waals surface area contributed by atoms with E-state index in [1.54, 1.807) is 0 Å². The van der Waals surface area contributed by atoms with Crippen LogP contribution in [0, 0.1) is 0 Å². The van der Waals surface area contributed by atoms with Crippen molar-refractivity contribution in [1.82, 2.24) is 4.90 Å². The van der Waals surface area contributed by atoms with Crippen molar-refractivity contribution in [1.29, 1.82) is 0 Å². The Labute approximate surface area is 118 Å². The first-order chi connectivity index (χ1) is 7.33. The molecule has 2 N–H and O–H groups in total. The van der Waals surface area contributed by atoms with Crippen molar-refractivity contribution in [3.8, 4) is 0 Å². The summed E-state index contributed by atoms with van der Waals surface area (Å²) < 4.78 is 0. The maximum Gasteiger partial charge on any atom is 0.160 e. The van der Waals surface area contributed by atoms with E-state index in [0.29, 0.717) is 0 Å². The third-order valence-electron chi connectivity index (χ3n) is 2.82. The molecule has 3 rings (SSSR count). The number of fused-ring (bicyclic) bond motifs is 1. The summed E-state index contributed by atoms with van der Waals surface area (Å²) in [6.07, 6.45) is 0. The lowest BCUT2D eigenvalue weighted by Gasteiger charge is -2.12. The van der Waals surface area contributed by atoms with Gasteiger partial charge in [0.2, 0.25) is 0 Å². The molecule has 1 saturated heterocycles. The molecule has 3 nitrogen and oxygen atoms in total. The van der Waals surface area contributed by atoms with Gasteiger partial charge in [0.25, 0.3) is 0 Å². The van der Waals surface area contributed by atoms with Crippen molar-refractivity contribution in [3.63, 3.8) is 0 Å². The van der Waals surface area contributed by atoms with Crippen LogP contribution >= 0.6 is 36.6 Å². The molecule has 0 amide bonds. The summed E-state index contributed by atoms with van der Waals surface area (Å²) >= 11 is 1.86. The van der Waals surface area contributed by atoms with Crippen LogP contribution < -0.4 is 5.73 Å². The highest BCUT2D eigenvalue weighted by molar-refractivity contribution is 8.14. The van der Waals surface area contributed by atoms with Gasteiger partial charge in [-0.3, -0.25) is 4.99 Å². The Morgan fingerprint density at radius 3 is 2.88 bits per heavy atom. The molecule has 0 radical (unpaired) electrons. The fraction of sp³-hybridized carbons (Fsp3) is 0.364. The number of thioether (sulfide) groups is 1. The first-order valence-electron chi connectivity index (χ1n) is 5.14. The Morgan fingerprint density at radius 2 is 2.18 bits per heavy atom. The predicted octanol–water partition coefficient (Wildman–Crippen LogP) is 2.57. The summed E-state index contributed by atoms with van der Waals surface area (Å²) in [7, 11) is 0. The summed E-state index contributed by atoms with van der Waals surface area (Å²) in [5.74, 6) is 1.18. The van der Waals surface area contributed by atoms with Crippen LogP contribution in [0.3, 0.4) is 0 Å².